The zero-order valence-electron chi connectivity index (χ0n) is 34.0. The first kappa shape index (κ1) is 35.2. The van der Waals surface area contributed by atoms with Crippen molar-refractivity contribution in [1.29, 1.82) is 0 Å². The van der Waals surface area contributed by atoms with E-state index in [0.717, 1.165) is 17.1 Å². The third-order valence-electron chi connectivity index (χ3n) is 13.3. The van der Waals surface area contributed by atoms with Crippen LogP contribution in [-0.4, -0.2) is 0 Å². The topological polar surface area (TPSA) is 3.24 Å². The summed E-state index contributed by atoms with van der Waals surface area (Å²) in [4.78, 5) is 2.46. The summed E-state index contributed by atoms with van der Waals surface area (Å²) in [6.45, 7) is 9.48. The van der Waals surface area contributed by atoms with Gasteiger partial charge in [0.25, 0.3) is 0 Å². The van der Waals surface area contributed by atoms with E-state index in [4.69, 9.17) is 0 Å². The number of anilines is 3. The van der Waals surface area contributed by atoms with Crippen molar-refractivity contribution in [3.63, 3.8) is 0 Å². The van der Waals surface area contributed by atoms with Crippen LogP contribution in [0.1, 0.15) is 49.9 Å². The highest BCUT2D eigenvalue weighted by molar-refractivity contribution is 5.98. The van der Waals surface area contributed by atoms with Gasteiger partial charge in [0.2, 0.25) is 0 Å². The largest absolute Gasteiger partial charge is 0.310 e. The predicted octanol–water partition coefficient (Wildman–Crippen LogP) is 15.9. The van der Waals surface area contributed by atoms with E-state index >= 15 is 0 Å². The van der Waals surface area contributed by atoms with Crippen LogP contribution in [0.5, 0.6) is 0 Å². The van der Waals surface area contributed by atoms with Gasteiger partial charge in [0.05, 0.1) is 5.69 Å². The second kappa shape index (κ2) is 13.3. The van der Waals surface area contributed by atoms with E-state index in [1.807, 2.05) is 0 Å². The maximum absolute atomic E-state index is 2.46. The smallest absolute Gasteiger partial charge is 0.0540 e. The fourth-order valence-electron chi connectivity index (χ4n) is 10.4. The Morgan fingerprint density at radius 2 is 0.864 bits per heavy atom. The third-order valence-corrected chi connectivity index (χ3v) is 13.3. The van der Waals surface area contributed by atoms with Gasteiger partial charge in [-0.1, -0.05) is 191 Å². The van der Waals surface area contributed by atoms with Crippen LogP contribution in [0.2, 0.25) is 0 Å². The molecule has 0 radical (unpaired) electrons. The summed E-state index contributed by atoms with van der Waals surface area (Å²) < 4.78 is 0. The number of hydrogen-bond donors (Lipinski definition) is 0. The van der Waals surface area contributed by atoms with Crippen LogP contribution in [0, 0.1) is 0 Å². The minimum absolute atomic E-state index is 0.0915. The van der Waals surface area contributed by atoms with Crippen molar-refractivity contribution < 1.29 is 0 Å². The normalized spacial score (nSPS) is 14.0. The Balaban J connectivity index is 1.08. The highest BCUT2D eigenvalue weighted by atomic mass is 15.1. The number of benzene rings is 9. The molecule has 1 nitrogen and oxygen atoms in total. The highest BCUT2D eigenvalue weighted by Crippen LogP contribution is 2.53. The molecule has 0 heterocycles. The molecule has 0 unspecified atom stereocenters. The molecule has 0 spiro atoms. The molecule has 0 saturated carbocycles. The molecule has 9 aromatic rings. The fraction of sp³-hybridized carbons (Fsp3) is 0.103. The van der Waals surface area contributed by atoms with Crippen molar-refractivity contribution >= 4 is 27.8 Å². The lowest BCUT2D eigenvalue weighted by molar-refractivity contribution is 0.660. The van der Waals surface area contributed by atoms with Crippen LogP contribution in [0.4, 0.5) is 17.1 Å². The Morgan fingerprint density at radius 1 is 0.322 bits per heavy atom. The molecule has 0 fully saturated rings. The van der Waals surface area contributed by atoms with E-state index in [9.17, 15) is 0 Å². The van der Waals surface area contributed by atoms with E-state index in [-0.39, 0.29) is 10.8 Å². The van der Waals surface area contributed by atoms with Crippen molar-refractivity contribution in [1.82, 2.24) is 0 Å². The van der Waals surface area contributed by atoms with E-state index < -0.39 is 0 Å². The first-order valence-corrected chi connectivity index (χ1v) is 20.8. The van der Waals surface area contributed by atoms with Crippen LogP contribution in [0.3, 0.4) is 0 Å². The van der Waals surface area contributed by atoms with Gasteiger partial charge in [-0.25, -0.2) is 0 Å². The van der Waals surface area contributed by atoms with Gasteiger partial charge in [-0.2, -0.15) is 0 Å². The van der Waals surface area contributed by atoms with Gasteiger partial charge in [-0.15, -0.1) is 0 Å². The summed E-state index contributed by atoms with van der Waals surface area (Å²) >= 11 is 0. The summed E-state index contributed by atoms with van der Waals surface area (Å²) in [6.07, 6.45) is 0. The fourth-order valence-corrected chi connectivity index (χ4v) is 10.4. The number of rotatable bonds is 6. The molecule has 0 aliphatic heterocycles. The average Bonchev–Trinajstić information content (AvgIpc) is 3.66. The maximum atomic E-state index is 2.46. The average molecular weight is 756 g/mol. The molecular weight excluding hydrogens is 711 g/mol. The van der Waals surface area contributed by atoms with Crippen LogP contribution < -0.4 is 4.90 Å². The number of para-hydroxylation sites is 1. The summed E-state index contributed by atoms with van der Waals surface area (Å²) in [6, 6.07) is 74.3. The molecule has 0 N–H and O–H groups in total. The molecule has 59 heavy (non-hydrogen) atoms. The number of fused-ring (bicyclic) bond motifs is 7. The zero-order valence-corrected chi connectivity index (χ0v) is 34.0. The Kier molecular flexibility index (Phi) is 7.94. The first-order chi connectivity index (χ1) is 28.8. The molecule has 1 heteroatoms. The van der Waals surface area contributed by atoms with Crippen molar-refractivity contribution in [2.45, 2.75) is 38.5 Å². The lowest BCUT2D eigenvalue weighted by Crippen LogP contribution is -2.16. The van der Waals surface area contributed by atoms with Gasteiger partial charge >= 0.3 is 0 Å². The van der Waals surface area contributed by atoms with Gasteiger partial charge in [0.15, 0.2) is 0 Å². The quantitative estimate of drug-likeness (QED) is 0.163. The Labute approximate surface area is 347 Å². The van der Waals surface area contributed by atoms with Gasteiger partial charge in [0, 0.05) is 27.8 Å². The summed E-state index contributed by atoms with van der Waals surface area (Å²) in [7, 11) is 0. The first-order valence-electron chi connectivity index (χ1n) is 20.8. The minimum atomic E-state index is -0.122. The van der Waals surface area contributed by atoms with Crippen LogP contribution in [0.15, 0.2) is 200 Å². The Bertz CT molecular complexity index is 3100. The van der Waals surface area contributed by atoms with Crippen molar-refractivity contribution in [2.75, 3.05) is 4.90 Å². The second-order valence-corrected chi connectivity index (χ2v) is 17.3. The minimum Gasteiger partial charge on any atom is -0.310 e. The second-order valence-electron chi connectivity index (χ2n) is 17.3. The molecule has 11 rings (SSSR count). The van der Waals surface area contributed by atoms with Crippen LogP contribution in [-0.2, 0) is 10.8 Å². The summed E-state index contributed by atoms with van der Waals surface area (Å²) in [5.41, 5.74) is 21.4. The molecule has 0 bridgehead atoms. The molecular formula is C58H45N. The summed E-state index contributed by atoms with van der Waals surface area (Å²) in [5, 5.41) is 2.51. The van der Waals surface area contributed by atoms with E-state index in [0.29, 0.717) is 0 Å². The molecule has 2 aliphatic rings. The van der Waals surface area contributed by atoms with Crippen molar-refractivity contribution in [3.8, 4) is 55.6 Å². The standard InChI is InChI=1S/C58H45N/c1-57(2)52-27-10-7-22-48(52)50-35-32-41(37-54(50)57)46-21-9-12-29-55(46)59(42-33-30-39(31-34-42)45-24-14-17-38-16-5-6-20-44(38)45)43-19-13-18-40(36-43)47-25-15-26-51-49-23-8-11-28-53(49)58(3,4)56(47)51/h5-37H,1-4H3. The van der Waals surface area contributed by atoms with Crippen molar-refractivity contribution in [3.05, 3.63) is 222 Å². The highest BCUT2D eigenvalue weighted by Gasteiger charge is 2.38. The predicted molar refractivity (Wildman–Crippen MR) is 250 cm³/mol. The lowest BCUT2D eigenvalue weighted by atomic mass is 9.79. The SMILES string of the molecule is CC1(C)c2ccccc2-c2ccc(-c3ccccc3N(c3ccc(-c4cccc5ccccc45)cc3)c3cccc(-c4cccc5c4C(C)(C)c4ccccc4-5)c3)cc21. The van der Waals surface area contributed by atoms with Gasteiger partial charge in [0.1, 0.15) is 0 Å². The molecule has 0 saturated heterocycles. The van der Waals surface area contributed by atoms with Gasteiger partial charge < -0.3 is 4.90 Å². The summed E-state index contributed by atoms with van der Waals surface area (Å²) in [5.74, 6) is 0. The Hall–Kier alpha value is -6.96. The zero-order chi connectivity index (χ0) is 39.9. The molecule has 0 amide bonds. The molecule has 0 atom stereocenters. The lowest BCUT2D eigenvalue weighted by Gasteiger charge is -2.29. The van der Waals surface area contributed by atoms with E-state index in [1.54, 1.807) is 0 Å². The van der Waals surface area contributed by atoms with E-state index in [2.05, 4.69) is 233 Å². The Morgan fingerprint density at radius 3 is 1.68 bits per heavy atom. The molecule has 9 aromatic carbocycles. The monoisotopic (exact) mass is 755 g/mol. The van der Waals surface area contributed by atoms with Crippen molar-refractivity contribution in [2.24, 2.45) is 0 Å². The van der Waals surface area contributed by atoms with Gasteiger partial charge in [-0.05, 0) is 119 Å². The number of nitrogens with zero attached hydrogens (tertiary/aromatic N) is 1. The van der Waals surface area contributed by atoms with Crippen LogP contribution in [0.25, 0.3) is 66.4 Å². The van der Waals surface area contributed by atoms with Crippen LogP contribution >= 0.6 is 0 Å². The molecule has 0 aromatic heterocycles. The van der Waals surface area contributed by atoms with E-state index in [1.165, 1.54) is 88.7 Å². The van der Waals surface area contributed by atoms with Gasteiger partial charge in [-0.3, -0.25) is 0 Å². The molecule has 2 aliphatic carbocycles. The maximum Gasteiger partial charge on any atom is 0.0540 e. The molecule has 282 valence electrons. The third kappa shape index (κ3) is 5.45. The number of hydrogen-bond acceptors (Lipinski definition) is 1.